The van der Waals surface area contributed by atoms with Crippen molar-refractivity contribution in [3.8, 4) is 6.07 Å². The summed E-state index contributed by atoms with van der Waals surface area (Å²) >= 11 is 1.18. The van der Waals surface area contributed by atoms with Crippen molar-refractivity contribution >= 4 is 29.3 Å². The lowest BCUT2D eigenvalue weighted by atomic mass is 10.2. The number of nitrogens with zero attached hydrogens (tertiary/aromatic N) is 3. The van der Waals surface area contributed by atoms with E-state index in [-0.39, 0.29) is 11.9 Å². The highest BCUT2D eigenvalue weighted by molar-refractivity contribution is 8.00. The van der Waals surface area contributed by atoms with Gasteiger partial charge in [-0.05, 0) is 19.1 Å². The molecule has 1 atom stereocenters. The van der Waals surface area contributed by atoms with E-state index >= 15 is 0 Å². The summed E-state index contributed by atoms with van der Waals surface area (Å²) in [5.74, 6) is -0.0315. The fourth-order valence-corrected chi connectivity index (χ4v) is 2.18. The molecule has 1 amide bonds. The number of hydrogen-bond acceptors (Lipinski definition) is 6. The van der Waals surface area contributed by atoms with E-state index in [2.05, 4.69) is 20.5 Å². The number of H-pyrrole nitrogens is 1. The molecule has 1 heterocycles. The predicted molar refractivity (Wildman–Crippen MR) is 75.9 cm³/mol. The fraction of sp³-hybridized carbons (Fsp3) is 0.167. The quantitative estimate of drug-likeness (QED) is 0.731. The van der Waals surface area contributed by atoms with E-state index in [1.54, 1.807) is 31.2 Å². The van der Waals surface area contributed by atoms with Crippen LogP contribution in [0.25, 0.3) is 0 Å². The summed E-state index contributed by atoms with van der Waals surface area (Å²) in [7, 11) is 0. The summed E-state index contributed by atoms with van der Waals surface area (Å²) in [4.78, 5) is 16.0. The number of nitrogens with one attached hydrogen (secondary N) is 2. The second kappa shape index (κ2) is 6.08. The van der Waals surface area contributed by atoms with E-state index in [0.717, 1.165) is 0 Å². The van der Waals surface area contributed by atoms with Crippen molar-refractivity contribution in [2.24, 2.45) is 0 Å². The molecular formula is C12H12N6OS. The molecule has 7 nitrogen and oxygen atoms in total. The lowest BCUT2D eigenvalue weighted by Gasteiger charge is -2.10. The molecule has 0 saturated carbocycles. The average molecular weight is 288 g/mol. The highest BCUT2D eigenvalue weighted by Crippen LogP contribution is 2.21. The van der Waals surface area contributed by atoms with Gasteiger partial charge in [0.25, 0.3) is 0 Å². The molecule has 4 N–H and O–H groups in total. The molecule has 0 spiro atoms. The Bertz CT molecular complexity index is 662. The normalized spacial score (nSPS) is 11.6. The van der Waals surface area contributed by atoms with Crippen molar-refractivity contribution in [3.63, 3.8) is 0 Å². The molecule has 0 unspecified atom stereocenters. The van der Waals surface area contributed by atoms with E-state index in [9.17, 15) is 4.79 Å². The summed E-state index contributed by atoms with van der Waals surface area (Å²) < 4.78 is 0. The Hall–Kier alpha value is -2.53. The van der Waals surface area contributed by atoms with Crippen LogP contribution in [0.5, 0.6) is 0 Å². The van der Waals surface area contributed by atoms with Crippen LogP contribution in [0.2, 0.25) is 0 Å². The lowest BCUT2D eigenvalue weighted by molar-refractivity contribution is -0.115. The van der Waals surface area contributed by atoms with Crippen molar-refractivity contribution in [2.75, 3.05) is 11.1 Å². The molecule has 102 valence electrons. The zero-order valence-electron chi connectivity index (χ0n) is 10.6. The van der Waals surface area contributed by atoms with E-state index in [4.69, 9.17) is 11.0 Å². The second-order valence-electron chi connectivity index (χ2n) is 3.91. The lowest BCUT2D eigenvalue weighted by Crippen LogP contribution is -2.23. The predicted octanol–water partition coefficient (Wildman–Crippen LogP) is 1.38. The van der Waals surface area contributed by atoms with Crippen molar-refractivity contribution < 1.29 is 4.79 Å². The molecule has 0 bridgehead atoms. The number of rotatable bonds is 4. The first-order valence-electron chi connectivity index (χ1n) is 5.74. The number of aromatic amines is 1. The minimum absolute atomic E-state index is 0.204. The first-order valence-corrected chi connectivity index (χ1v) is 6.62. The topological polar surface area (TPSA) is 120 Å². The Morgan fingerprint density at radius 1 is 1.55 bits per heavy atom. The molecule has 0 aliphatic rings. The van der Waals surface area contributed by atoms with Crippen LogP contribution in [0.3, 0.4) is 0 Å². The number of nitrogen functional groups attached to an aromatic ring is 1. The van der Waals surface area contributed by atoms with Crippen LogP contribution in [-0.4, -0.2) is 26.3 Å². The van der Waals surface area contributed by atoms with Gasteiger partial charge in [0.2, 0.25) is 17.0 Å². The average Bonchev–Trinajstić information content (AvgIpc) is 2.84. The summed E-state index contributed by atoms with van der Waals surface area (Å²) in [6.07, 6.45) is 0. The van der Waals surface area contributed by atoms with Crippen LogP contribution < -0.4 is 11.1 Å². The molecule has 0 aliphatic carbocycles. The van der Waals surface area contributed by atoms with Gasteiger partial charge >= 0.3 is 0 Å². The highest BCUT2D eigenvalue weighted by Gasteiger charge is 2.17. The van der Waals surface area contributed by atoms with Crippen LogP contribution in [0, 0.1) is 11.3 Å². The first-order chi connectivity index (χ1) is 9.60. The molecule has 0 fully saturated rings. The maximum atomic E-state index is 12.1. The van der Waals surface area contributed by atoms with Gasteiger partial charge in [0.1, 0.15) is 6.07 Å². The van der Waals surface area contributed by atoms with Crippen LogP contribution in [0.4, 0.5) is 11.6 Å². The van der Waals surface area contributed by atoms with Crippen molar-refractivity contribution in [3.05, 3.63) is 29.8 Å². The van der Waals surface area contributed by atoms with Gasteiger partial charge in [0.05, 0.1) is 16.5 Å². The van der Waals surface area contributed by atoms with Crippen molar-refractivity contribution in [2.45, 2.75) is 17.3 Å². The third-order valence-corrected chi connectivity index (χ3v) is 3.40. The van der Waals surface area contributed by atoms with E-state index < -0.39 is 5.25 Å². The number of hydrogen-bond donors (Lipinski definition) is 3. The van der Waals surface area contributed by atoms with Crippen molar-refractivity contribution in [1.82, 2.24) is 15.2 Å². The van der Waals surface area contributed by atoms with E-state index in [1.165, 1.54) is 11.8 Å². The summed E-state index contributed by atoms with van der Waals surface area (Å²) in [6.45, 7) is 1.72. The number of carbonyl (C=O) groups is 1. The van der Waals surface area contributed by atoms with Gasteiger partial charge in [-0.2, -0.15) is 10.2 Å². The number of nitrogens with two attached hydrogens (primary N) is 1. The minimum atomic E-state index is -0.419. The largest absolute Gasteiger partial charge is 0.368 e. The van der Waals surface area contributed by atoms with Gasteiger partial charge in [-0.1, -0.05) is 23.9 Å². The SMILES string of the molecule is C[C@@H](Sc1n[nH]c(N)n1)C(=O)Nc1ccccc1C#N. The number of para-hydroxylation sites is 1. The van der Waals surface area contributed by atoms with Crippen LogP contribution in [0.1, 0.15) is 12.5 Å². The molecule has 0 radical (unpaired) electrons. The smallest absolute Gasteiger partial charge is 0.237 e. The zero-order chi connectivity index (χ0) is 14.5. The number of benzene rings is 1. The Morgan fingerprint density at radius 2 is 2.30 bits per heavy atom. The standard InChI is InChI=1S/C12H12N6OS/c1-7(20-12-16-11(14)17-18-12)10(19)15-9-5-3-2-4-8(9)6-13/h2-5,7H,1H3,(H,15,19)(H3,14,16,17,18)/t7-/m1/s1. The van der Waals surface area contributed by atoms with Gasteiger partial charge in [-0.25, -0.2) is 5.10 Å². The fourth-order valence-electron chi connectivity index (χ4n) is 1.45. The second-order valence-corrected chi connectivity index (χ2v) is 5.22. The van der Waals surface area contributed by atoms with Gasteiger partial charge in [-0.3, -0.25) is 4.79 Å². The Kier molecular flexibility index (Phi) is 4.22. The minimum Gasteiger partial charge on any atom is -0.368 e. The van der Waals surface area contributed by atoms with Gasteiger partial charge in [-0.15, -0.1) is 5.10 Å². The van der Waals surface area contributed by atoms with Crippen LogP contribution in [-0.2, 0) is 4.79 Å². The maximum Gasteiger partial charge on any atom is 0.237 e. The number of nitriles is 1. The molecule has 2 rings (SSSR count). The molecular weight excluding hydrogens is 276 g/mol. The molecule has 0 aliphatic heterocycles. The summed E-state index contributed by atoms with van der Waals surface area (Å²) in [6, 6.07) is 8.84. The molecule has 1 aromatic carbocycles. The van der Waals surface area contributed by atoms with E-state index in [0.29, 0.717) is 16.4 Å². The van der Waals surface area contributed by atoms with Crippen LogP contribution >= 0.6 is 11.8 Å². The Labute approximate surface area is 119 Å². The van der Waals surface area contributed by atoms with Crippen LogP contribution in [0.15, 0.2) is 29.4 Å². The number of aromatic nitrogens is 3. The highest BCUT2D eigenvalue weighted by atomic mass is 32.2. The molecule has 1 aromatic heterocycles. The molecule has 20 heavy (non-hydrogen) atoms. The third-order valence-electron chi connectivity index (χ3n) is 2.44. The molecule has 8 heteroatoms. The van der Waals surface area contributed by atoms with Gasteiger partial charge in [0, 0.05) is 0 Å². The van der Waals surface area contributed by atoms with Crippen molar-refractivity contribution in [1.29, 1.82) is 5.26 Å². The third kappa shape index (κ3) is 3.27. The number of anilines is 2. The zero-order valence-corrected chi connectivity index (χ0v) is 11.4. The Morgan fingerprint density at radius 3 is 2.95 bits per heavy atom. The number of amides is 1. The molecule has 0 saturated heterocycles. The monoisotopic (exact) mass is 288 g/mol. The van der Waals surface area contributed by atoms with E-state index in [1.807, 2.05) is 6.07 Å². The number of carbonyl (C=O) groups excluding carboxylic acids is 1. The van der Waals surface area contributed by atoms with Gasteiger partial charge in [0.15, 0.2) is 0 Å². The Balaban J connectivity index is 2.02. The maximum absolute atomic E-state index is 12.1. The van der Waals surface area contributed by atoms with Gasteiger partial charge < -0.3 is 11.1 Å². The summed E-state index contributed by atoms with van der Waals surface area (Å²) in [5.41, 5.74) is 6.32. The molecule has 2 aromatic rings. The first kappa shape index (κ1) is 13.9. The summed E-state index contributed by atoms with van der Waals surface area (Å²) in [5, 5.41) is 18.0. The number of thioether (sulfide) groups is 1.